The van der Waals surface area contributed by atoms with Crippen molar-refractivity contribution in [3.63, 3.8) is 0 Å². The van der Waals surface area contributed by atoms with Crippen molar-refractivity contribution in [2.45, 2.75) is 12.6 Å². The molecular weight excluding hydrogens is 252 g/mol. The molecule has 0 saturated heterocycles. The van der Waals surface area contributed by atoms with Crippen LogP contribution >= 0.6 is 0 Å². The second-order valence-electron chi connectivity index (χ2n) is 4.69. The highest BCUT2D eigenvalue weighted by Crippen LogP contribution is 2.17. The van der Waals surface area contributed by atoms with Gasteiger partial charge in [0.15, 0.2) is 0 Å². The van der Waals surface area contributed by atoms with E-state index < -0.39 is 0 Å². The predicted molar refractivity (Wildman–Crippen MR) is 76.7 cm³/mol. The van der Waals surface area contributed by atoms with E-state index in [0.717, 1.165) is 11.3 Å². The van der Waals surface area contributed by atoms with E-state index in [9.17, 15) is 4.79 Å². The Bertz CT molecular complexity index is 542. The highest BCUT2D eigenvalue weighted by atomic mass is 16.2. The highest BCUT2D eigenvalue weighted by Gasteiger charge is 2.22. The standard InChI is InChI=1S/C15H18N4O/c1-19(2)14(12-6-5-8-16-10-12)15(20)18-11-13-7-3-4-9-17-13/h3-10,14H,11H2,1-2H3,(H,18,20). The van der Waals surface area contributed by atoms with Crippen molar-refractivity contribution >= 4 is 5.91 Å². The number of nitrogens with zero attached hydrogens (tertiary/aromatic N) is 3. The van der Waals surface area contributed by atoms with Crippen LogP contribution in [0.15, 0.2) is 48.9 Å². The molecule has 2 aromatic rings. The molecule has 0 fully saturated rings. The van der Waals surface area contributed by atoms with Gasteiger partial charge in [0, 0.05) is 18.6 Å². The van der Waals surface area contributed by atoms with Crippen LogP contribution in [0.1, 0.15) is 17.3 Å². The average Bonchev–Trinajstić information content (AvgIpc) is 2.47. The van der Waals surface area contributed by atoms with Crippen molar-refractivity contribution in [3.05, 3.63) is 60.2 Å². The van der Waals surface area contributed by atoms with Gasteiger partial charge < -0.3 is 5.32 Å². The number of nitrogens with one attached hydrogen (secondary N) is 1. The maximum Gasteiger partial charge on any atom is 0.242 e. The van der Waals surface area contributed by atoms with Crippen molar-refractivity contribution in [3.8, 4) is 0 Å². The minimum Gasteiger partial charge on any atom is -0.349 e. The van der Waals surface area contributed by atoms with Crippen LogP contribution in [0.25, 0.3) is 0 Å². The first kappa shape index (κ1) is 14.1. The normalized spacial score (nSPS) is 12.2. The van der Waals surface area contributed by atoms with Gasteiger partial charge in [0.2, 0.25) is 5.91 Å². The molecule has 0 aliphatic heterocycles. The van der Waals surface area contributed by atoms with E-state index in [2.05, 4.69) is 15.3 Å². The molecule has 2 rings (SSSR count). The summed E-state index contributed by atoms with van der Waals surface area (Å²) in [5.74, 6) is -0.0614. The van der Waals surface area contributed by atoms with Gasteiger partial charge in [0.05, 0.1) is 12.2 Å². The molecule has 104 valence electrons. The van der Waals surface area contributed by atoms with Crippen LogP contribution in [0.2, 0.25) is 0 Å². The maximum atomic E-state index is 12.4. The summed E-state index contributed by atoms with van der Waals surface area (Å²) in [6.07, 6.45) is 5.12. The van der Waals surface area contributed by atoms with Gasteiger partial charge in [0.1, 0.15) is 6.04 Å². The Balaban J connectivity index is 2.05. The molecule has 20 heavy (non-hydrogen) atoms. The van der Waals surface area contributed by atoms with Crippen molar-refractivity contribution in [2.75, 3.05) is 14.1 Å². The van der Waals surface area contributed by atoms with E-state index in [0.29, 0.717) is 6.54 Å². The van der Waals surface area contributed by atoms with E-state index in [4.69, 9.17) is 0 Å². The van der Waals surface area contributed by atoms with E-state index in [1.54, 1.807) is 18.6 Å². The fraction of sp³-hybridized carbons (Fsp3) is 0.267. The molecule has 0 spiro atoms. The molecule has 5 nitrogen and oxygen atoms in total. The molecule has 0 aliphatic carbocycles. The summed E-state index contributed by atoms with van der Waals surface area (Å²) in [6, 6.07) is 9.01. The van der Waals surface area contributed by atoms with Crippen LogP contribution in [-0.2, 0) is 11.3 Å². The Hall–Kier alpha value is -2.27. The number of hydrogen-bond donors (Lipinski definition) is 1. The molecule has 1 atom stereocenters. The van der Waals surface area contributed by atoms with E-state index >= 15 is 0 Å². The van der Waals surface area contributed by atoms with Gasteiger partial charge in [-0.3, -0.25) is 19.7 Å². The maximum absolute atomic E-state index is 12.4. The first-order chi connectivity index (χ1) is 9.68. The van der Waals surface area contributed by atoms with E-state index in [1.807, 2.05) is 49.3 Å². The van der Waals surface area contributed by atoms with Crippen LogP contribution in [0.3, 0.4) is 0 Å². The molecule has 5 heteroatoms. The van der Waals surface area contributed by atoms with Gasteiger partial charge >= 0.3 is 0 Å². The molecule has 0 bridgehead atoms. The molecule has 1 amide bonds. The van der Waals surface area contributed by atoms with Crippen LogP contribution in [-0.4, -0.2) is 34.9 Å². The summed E-state index contributed by atoms with van der Waals surface area (Å²) in [5.41, 5.74) is 1.71. The fourth-order valence-electron chi connectivity index (χ4n) is 2.00. The second-order valence-corrected chi connectivity index (χ2v) is 4.69. The summed E-state index contributed by atoms with van der Waals surface area (Å²) < 4.78 is 0. The number of carbonyl (C=O) groups is 1. The molecule has 0 aliphatic rings. The Kier molecular flexibility index (Phi) is 4.79. The number of aromatic nitrogens is 2. The lowest BCUT2D eigenvalue weighted by Crippen LogP contribution is -2.36. The molecule has 2 aromatic heterocycles. The molecule has 2 heterocycles. The summed E-state index contributed by atoms with van der Waals surface area (Å²) in [7, 11) is 3.75. The molecular formula is C15H18N4O. The van der Waals surface area contributed by atoms with Gasteiger partial charge in [-0.2, -0.15) is 0 Å². The highest BCUT2D eigenvalue weighted by molar-refractivity contribution is 5.83. The number of likely N-dealkylation sites (N-methyl/N-ethyl adjacent to an activating group) is 1. The zero-order chi connectivity index (χ0) is 14.4. The third-order valence-electron chi connectivity index (χ3n) is 2.93. The Labute approximate surface area is 118 Å². The quantitative estimate of drug-likeness (QED) is 0.892. The van der Waals surface area contributed by atoms with E-state index in [1.165, 1.54) is 0 Å². The number of rotatable bonds is 5. The monoisotopic (exact) mass is 270 g/mol. The summed E-state index contributed by atoms with van der Waals surface area (Å²) in [4.78, 5) is 22.5. The first-order valence-corrected chi connectivity index (χ1v) is 6.42. The lowest BCUT2D eigenvalue weighted by atomic mass is 10.1. The second kappa shape index (κ2) is 6.77. The summed E-state index contributed by atoms with van der Waals surface area (Å²) in [5, 5.41) is 2.91. The molecule has 1 N–H and O–H groups in total. The zero-order valence-corrected chi connectivity index (χ0v) is 11.7. The largest absolute Gasteiger partial charge is 0.349 e. The molecule has 0 radical (unpaired) electrons. The van der Waals surface area contributed by atoms with Gasteiger partial charge in [-0.25, -0.2) is 0 Å². The number of hydrogen-bond acceptors (Lipinski definition) is 4. The molecule has 0 saturated carbocycles. The minimum absolute atomic E-state index is 0.0614. The van der Waals surface area contributed by atoms with Crippen LogP contribution in [0.5, 0.6) is 0 Å². The van der Waals surface area contributed by atoms with Gasteiger partial charge in [0.25, 0.3) is 0 Å². The Morgan fingerprint density at radius 1 is 1.25 bits per heavy atom. The van der Waals surface area contributed by atoms with Gasteiger partial charge in [-0.05, 0) is 37.9 Å². The number of pyridine rings is 2. The van der Waals surface area contributed by atoms with Crippen LogP contribution < -0.4 is 5.32 Å². The van der Waals surface area contributed by atoms with Crippen LogP contribution in [0, 0.1) is 0 Å². The third-order valence-corrected chi connectivity index (χ3v) is 2.93. The Morgan fingerprint density at radius 2 is 2.10 bits per heavy atom. The molecule has 1 unspecified atom stereocenters. The Morgan fingerprint density at radius 3 is 2.70 bits per heavy atom. The van der Waals surface area contributed by atoms with Gasteiger partial charge in [-0.1, -0.05) is 12.1 Å². The van der Waals surface area contributed by atoms with Crippen molar-refractivity contribution in [2.24, 2.45) is 0 Å². The smallest absolute Gasteiger partial charge is 0.242 e. The summed E-state index contributed by atoms with van der Waals surface area (Å²) in [6.45, 7) is 0.421. The van der Waals surface area contributed by atoms with E-state index in [-0.39, 0.29) is 11.9 Å². The number of amides is 1. The third kappa shape index (κ3) is 3.61. The van der Waals surface area contributed by atoms with Crippen molar-refractivity contribution < 1.29 is 4.79 Å². The zero-order valence-electron chi connectivity index (χ0n) is 11.7. The lowest BCUT2D eigenvalue weighted by Gasteiger charge is -2.23. The van der Waals surface area contributed by atoms with Crippen molar-refractivity contribution in [1.29, 1.82) is 0 Å². The average molecular weight is 270 g/mol. The first-order valence-electron chi connectivity index (χ1n) is 6.42. The SMILES string of the molecule is CN(C)C(C(=O)NCc1ccccn1)c1cccnc1. The van der Waals surface area contributed by atoms with Gasteiger partial charge in [-0.15, -0.1) is 0 Å². The van der Waals surface area contributed by atoms with Crippen LogP contribution in [0.4, 0.5) is 0 Å². The predicted octanol–water partition coefficient (Wildman–Crippen LogP) is 1.40. The fourth-order valence-corrected chi connectivity index (χ4v) is 2.00. The topological polar surface area (TPSA) is 58.1 Å². The number of carbonyl (C=O) groups excluding carboxylic acids is 1. The minimum atomic E-state index is -0.354. The summed E-state index contributed by atoms with van der Waals surface area (Å²) >= 11 is 0. The molecule has 0 aromatic carbocycles. The lowest BCUT2D eigenvalue weighted by molar-refractivity contribution is -0.126. The van der Waals surface area contributed by atoms with Crippen molar-refractivity contribution in [1.82, 2.24) is 20.2 Å².